The van der Waals surface area contributed by atoms with Gasteiger partial charge in [-0.25, -0.2) is 0 Å². The Morgan fingerprint density at radius 2 is 1.70 bits per heavy atom. The molecular formula is C20H32. The van der Waals surface area contributed by atoms with Gasteiger partial charge in [0.1, 0.15) is 0 Å². The second-order valence-electron chi connectivity index (χ2n) is 7.00. The van der Waals surface area contributed by atoms with E-state index in [4.69, 9.17) is 0 Å². The fraction of sp³-hybridized carbons (Fsp3) is 0.700. The van der Waals surface area contributed by atoms with Crippen LogP contribution >= 0.6 is 0 Å². The molecule has 2 rings (SSSR count). The Bertz CT molecular complexity index is 375. The molecule has 2 fully saturated rings. The molecule has 0 amide bonds. The van der Waals surface area contributed by atoms with Crippen molar-refractivity contribution < 1.29 is 0 Å². The highest BCUT2D eigenvalue weighted by Gasteiger charge is 2.45. The van der Waals surface area contributed by atoms with Crippen LogP contribution in [-0.2, 0) is 0 Å². The molecule has 0 bridgehead atoms. The van der Waals surface area contributed by atoms with Crippen LogP contribution in [0.2, 0.25) is 0 Å². The molecule has 2 saturated carbocycles. The minimum Gasteiger partial charge on any atom is -0.103 e. The third kappa shape index (κ3) is 2.80. The third-order valence-electron chi connectivity index (χ3n) is 5.81. The summed E-state index contributed by atoms with van der Waals surface area (Å²) in [6, 6.07) is 0. The SMILES string of the molecule is C=C[C@H]1[C@H](CCC)C(=C)[C@@H](CCC)C2CCC(=C)C[C@H]21. The summed E-state index contributed by atoms with van der Waals surface area (Å²) in [5.41, 5.74) is 3.02. The Morgan fingerprint density at radius 1 is 1.05 bits per heavy atom. The third-order valence-corrected chi connectivity index (χ3v) is 5.81. The lowest BCUT2D eigenvalue weighted by atomic mass is 9.54. The standard InChI is InChI=1S/C20H32/c1-6-9-17-15(5)18(10-7-2)19-12-11-14(4)13-20(19)16(17)8-3/h8,16-20H,3-7,9-13H2,1-2H3/t16-,17+,18+,19?,20-/m0/s1. The molecule has 20 heavy (non-hydrogen) atoms. The van der Waals surface area contributed by atoms with E-state index in [9.17, 15) is 0 Å². The zero-order valence-corrected chi connectivity index (χ0v) is 13.5. The summed E-state index contributed by atoms with van der Waals surface area (Å²) < 4.78 is 0. The number of allylic oxidation sites excluding steroid dienone is 3. The van der Waals surface area contributed by atoms with E-state index in [0.29, 0.717) is 11.8 Å². The summed E-state index contributed by atoms with van der Waals surface area (Å²) in [5.74, 6) is 3.68. The smallest absolute Gasteiger partial charge is 0.0136 e. The van der Waals surface area contributed by atoms with Gasteiger partial charge in [-0.1, -0.05) is 57.1 Å². The van der Waals surface area contributed by atoms with Gasteiger partial charge in [-0.05, 0) is 61.7 Å². The van der Waals surface area contributed by atoms with Gasteiger partial charge in [0.25, 0.3) is 0 Å². The van der Waals surface area contributed by atoms with Crippen LogP contribution in [0.5, 0.6) is 0 Å². The topological polar surface area (TPSA) is 0 Å². The molecule has 0 aromatic rings. The average molecular weight is 272 g/mol. The van der Waals surface area contributed by atoms with Crippen LogP contribution in [0.1, 0.15) is 58.8 Å². The van der Waals surface area contributed by atoms with Gasteiger partial charge in [0.2, 0.25) is 0 Å². The molecule has 2 aliphatic rings. The molecule has 0 aromatic heterocycles. The number of hydrogen-bond acceptors (Lipinski definition) is 0. The lowest BCUT2D eigenvalue weighted by Gasteiger charge is -2.51. The average Bonchev–Trinajstić information content (AvgIpc) is 2.44. The maximum Gasteiger partial charge on any atom is -0.0136 e. The molecule has 5 atom stereocenters. The summed E-state index contributed by atoms with van der Waals surface area (Å²) in [7, 11) is 0. The predicted octanol–water partition coefficient (Wildman–Crippen LogP) is 6.16. The monoisotopic (exact) mass is 272 g/mol. The zero-order chi connectivity index (χ0) is 14.7. The molecule has 0 spiro atoms. The maximum atomic E-state index is 4.55. The van der Waals surface area contributed by atoms with Crippen LogP contribution in [0, 0.1) is 29.6 Å². The van der Waals surface area contributed by atoms with Crippen LogP contribution in [0.15, 0.2) is 37.0 Å². The van der Waals surface area contributed by atoms with Crippen LogP contribution in [-0.4, -0.2) is 0 Å². The van der Waals surface area contributed by atoms with Gasteiger partial charge < -0.3 is 0 Å². The van der Waals surface area contributed by atoms with E-state index in [1.807, 2.05) is 0 Å². The predicted molar refractivity (Wildman–Crippen MR) is 89.6 cm³/mol. The number of rotatable bonds is 5. The first kappa shape index (κ1) is 15.6. The Labute approximate surface area is 126 Å². The molecule has 0 heterocycles. The second kappa shape index (κ2) is 6.78. The highest BCUT2D eigenvalue weighted by molar-refractivity contribution is 5.21. The second-order valence-corrected chi connectivity index (χ2v) is 7.00. The van der Waals surface area contributed by atoms with Gasteiger partial charge in [-0.2, -0.15) is 0 Å². The molecular weight excluding hydrogens is 240 g/mol. The molecule has 0 nitrogen and oxygen atoms in total. The van der Waals surface area contributed by atoms with Gasteiger partial charge in [-0.3, -0.25) is 0 Å². The molecule has 0 radical (unpaired) electrons. The first-order valence-corrected chi connectivity index (χ1v) is 8.61. The summed E-state index contributed by atoms with van der Waals surface area (Å²) in [6.45, 7) is 17.6. The Kier molecular flexibility index (Phi) is 5.29. The van der Waals surface area contributed by atoms with Crippen LogP contribution in [0.25, 0.3) is 0 Å². The minimum atomic E-state index is 0.637. The molecule has 1 unspecified atom stereocenters. The van der Waals surface area contributed by atoms with Crippen LogP contribution in [0.4, 0.5) is 0 Å². The molecule has 2 aliphatic carbocycles. The van der Waals surface area contributed by atoms with Gasteiger partial charge in [0.15, 0.2) is 0 Å². The molecule has 0 saturated heterocycles. The Morgan fingerprint density at radius 3 is 2.30 bits per heavy atom. The summed E-state index contributed by atoms with van der Waals surface area (Å²) in [5, 5.41) is 0. The fourth-order valence-electron chi connectivity index (χ4n) is 4.93. The normalized spacial score (nSPS) is 37.6. The van der Waals surface area contributed by atoms with E-state index < -0.39 is 0 Å². The first-order chi connectivity index (χ1) is 9.63. The van der Waals surface area contributed by atoms with Crippen molar-refractivity contribution in [2.45, 2.75) is 58.8 Å². The molecule has 0 N–H and O–H groups in total. The van der Waals surface area contributed by atoms with E-state index in [1.165, 1.54) is 50.5 Å². The summed E-state index contributed by atoms with van der Waals surface area (Å²) in [6.07, 6.45) is 11.2. The lowest BCUT2D eigenvalue weighted by molar-refractivity contribution is 0.0838. The van der Waals surface area contributed by atoms with Crippen molar-refractivity contribution in [1.82, 2.24) is 0 Å². The van der Waals surface area contributed by atoms with E-state index in [-0.39, 0.29) is 0 Å². The Balaban J connectivity index is 2.30. The van der Waals surface area contributed by atoms with Crippen molar-refractivity contribution in [3.8, 4) is 0 Å². The number of fused-ring (bicyclic) bond motifs is 1. The minimum absolute atomic E-state index is 0.637. The van der Waals surface area contributed by atoms with Crippen molar-refractivity contribution in [2.75, 3.05) is 0 Å². The highest BCUT2D eigenvalue weighted by atomic mass is 14.5. The quantitative estimate of drug-likeness (QED) is 0.525. The summed E-state index contributed by atoms with van der Waals surface area (Å²) >= 11 is 0. The fourth-order valence-corrected chi connectivity index (χ4v) is 4.93. The Hall–Kier alpha value is -0.780. The van der Waals surface area contributed by atoms with E-state index in [1.54, 1.807) is 5.57 Å². The van der Waals surface area contributed by atoms with Crippen LogP contribution < -0.4 is 0 Å². The largest absolute Gasteiger partial charge is 0.103 e. The molecule has 0 aliphatic heterocycles. The van der Waals surface area contributed by atoms with E-state index >= 15 is 0 Å². The first-order valence-electron chi connectivity index (χ1n) is 8.61. The van der Waals surface area contributed by atoms with E-state index in [0.717, 1.165) is 17.8 Å². The van der Waals surface area contributed by atoms with Gasteiger partial charge in [0.05, 0.1) is 0 Å². The van der Waals surface area contributed by atoms with Gasteiger partial charge in [0, 0.05) is 0 Å². The van der Waals surface area contributed by atoms with Crippen molar-refractivity contribution in [1.29, 1.82) is 0 Å². The summed E-state index contributed by atoms with van der Waals surface area (Å²) in [4.78, 5) is 0. The molecule has 0 heteroatoms. The van der Waals surface area contributed by atoms with E-state index in [2.05, 4.69) is 39.7 Å². The zero-order valence-electron chi connectivity index (χ0n) is 13.5. The maximum absolute atomic E-state index is 4.55. The molecule has 0 aromatic carbocycles. The molecule has 112 valence electrons. The number of hydrogen-bond donors (Lipinski definition) is 0. The van der Waals surface area contributed by atoms with Crippen molar-refractivity contribution in [3.63, 3.8) is 0 Å². The van der Waals surface area contributed by atoms with Crippen molar-refractivity contribution >= 4 is 0 Å². The highest BCUT2D eigenvalue weighted by Crippen LogP contribution is 2.54. The van der Waals surface area contributed by atoms with Gasteiger partial charge in [-0.15, -0.1) is 6.58 Å². The van der Waals surface area contributed by atoms with Crippen molar-refractivity contribution in [3.05, 3.63) is 37.0 Å². The van der Waals surface area contributed by atoms with Crippen LogP contribution in [0.3, 0.4) is 0 Å². The lowest BCUT2D eigenvalue weighted by Crippen LogP contribution is -2.42. The van der Waals surface area contributed by atoms with Gasteiger partial charge >= 0.3 is 0 Å². The van der Waals surface area contributed by atoms with Crippen molar-refractivity contribution in [2.24, 2.45) is 29.6 Å².